The lowest BCUT2D eigenvalue weighted by atomic mass is 10.1. The summed E-state index contributed by atoms with van der Waals surface area (Å²) in [5.74, 6) is 0.180. The topological polar surface area (TPSA) is 111 Å². The van der Waals surface area contributed by atoms with Crippen LogP contribution in [0.15, 0.2) is 42.7 Å². The highest BCUT2D eigenvalue weighted by Gasteiger charge is 2.13. The second-order valence-electron chi connectivity index (χ2n) is 6.20. The van der Waals surface area contributed by atoms with Crippen LogP contribution in [0.1, 0.15) is 29.7 Å². The number of pyridine rings is 1. The van der Waals surface area contributed by atoms with E-state index in [1.54, 1.807) is 6.07 Å². The molecule has 25 heavy (non-hydrogen) atoms. The molecule has 0 aliphatic carbocycles. The summed E-state index contributed by atoms with van der Waals surface area (Å²) >= 11 is 0. The zero-order chi connectivity index (χ0) is 17.8. The fourth-order valence-electron chi connectivity index (χ4n) is 2.90. The van der Waals surface area contributed by atoms with Crippen LogP contribution in [0.3, 0.4) is 0 Å². The molecule has 6 heteroatoms. The molecule has 1 aromatic carbocycles. The quantitative estimate of drug-likeness (QED) is 0.552. The van der Waals surface area contributed by atoms with Crippen LogP contribution < -0.4 is 11.1 Å². The number of rotatable bonds is 6. The number of aromatic amines is 1. The highest BCUT2D eigenvalue weighted by atomic mass is 16.3. The van der Waals surface area contributed by atoms with Gasteiger partial charge in [-0.15, -0.1) is 0 Å². The average Bonchev–Trinajstić information content (AvgIpc) is 3.03. The second-order valence-corrected chi connectivity index (χ2v) is 6.20. The highest BCUT2D eigenvalue weighted by Crippen LogP contribution is 2.20. The van der Waals surface area contributed by atoms with Gasteiger partial charge in [0, 0.05) is 41.4 Å². The number of nitrogens with two attached hydrogens (primary N) is 1. The molecule has 6 nitrogen and oxygen atoms in total. The third kappa shape index (κ3) is 3.79. The molecule has 1 unspecified atom stereocenters. The molecule has 0 amide bonds. The number of para-hydroxylation sites is 1. The number of aliphatic hydroxyl groups is 1. The summed E-state index contributed by atoms with van der Waals surface area (Å²) in [5, 5.41) is 23.9. The molecule has 0 bridgehead atoms. The molecule has 0 saturated heterocycles. The van der Waals surface area contributed by atoms with E-state index in [0.717, 1.165) is 11.9 Å². The van der Waals surface area contributed by atoms with Crippen molar-refractivity contribution in [1.29, 1.82) is 5.26 Å². The summed E-state index contributed by atoms with van der Waals surface area (Å²) < 4.78 is 0. The van der Waals surface area contributed by atoms with Crippen LogP contribution in [0.2, 0.25) is 0 Å². The number of nitriles is 1. The molecule has 128 valence electrons. The van der Waals surface area contributed by atoms with Crippen LogP contribution in [0.25, 0.3) is 10.9 Å². The van der Waals surface area contributed by atoms with E-state index in [9.17, 15) is 5.11 Å². The Morgan fingerprint density at radius 1 is 1.40 bits per heavy atom. The molecular formula is C19H21N5O. The van der Waals surface area contributed by atoms with Gasteiger partial charge in [0.2, 0.25) is 0 Å². The van der Waals surface area contributed by atoms with E-state index in [0.29, 0.717) is 12.1 Å². The molecule has 2 aromatic heterocycles. The van der Waals surface area contributed by atoms with Crippen molar-refractivity contribution in [2.75, 3.05) is 12.3 Å². The molecule has 0 fully saturated rings. The van der Waals surface area contributed by atoms with Gasteiger partial charge in [0.1, 0.15) is 11.9 Å². The zero-order valence-electron chi connectivity index (χ0n) is 14.0. The predicted octanol–water partition coefficient (Wildman–Crippen LogP) is 2.27. The first kappa shape index (κ1) is 17.0. The number of benzene rings is 1. The number of anilines is 1. The molecule has 2 atom stereocenters. The van der Waals surface area contributed by atoms with Gasteiger partial charge in [0.15, 0.2) is 0 Å². The Balaban J connectivity index is 1.60. The van der Waals surface area contributed by atoms with Gasteiger partial charge >= 0.3 is 0 Å². The van der Waals surface area contributed by atoms with Crippen LogP contribution in [0, 0.1) is 11.3 Å². The lowest BCUT2D eigenvalue weighted by molar-refractivity contribution is 0.170. The zero-order valence-corrected chi connectivity index (χ0v) is 14.0. The fourth-order valence-corrected chi connectivity index (χ4v) is 2.90. The minimum Gasteiger partial charge on any atom is -0.387 e. The Morgan fingerprint density at radius 3 is 3.00 bits per heavy atom. The van der Waals surface area contributed by atoms with Crippen molar-refractivity contribution >= 4 is 16.7 Å². The summed E-state index contributed by atoms with van der Waals surface area (Å²) in [5.41, 5.74) is 8.84. The van der Waals surface area contributed by atoms with Gasteiger partial charge in [-0.05, 0) is 31.0 Å². The maximum Gasteiger partial charge on any atom is 0.141 e. The molecule has 3 rings (SSSR count). The molecule has 5 N–H and O–H groups in total. The van der Waals surface area contributed by atoms with E-state index in [1.807, 2.05) is 24.4 Å². The maximum atomic E-state index is 10.3. The van der Waals surface area contributed by atoms with Gasteiger partial charge in [-0.1, -0.05) is 18.2 Å². The first-order valence-corrected chi connectivity index (χ1v) is 8.20. The molecule has 0 aliphatic rings. The van der Waals surface area contributed by atoms with Gasteiger partial charge in [-0.3, -0.25) is 0 Å². The first-order valence-electron chi connectivity index (χ1n) is 8.20. The van der Waals surface area contributed by atoms with E-state index in [4.69, 9.17) is 11.0 Å². The van der Waals surface area contributed by atoms with Gasteiger partial charge in [-0.25, -0.2) is 4.98 Å². The Hall–Kier alpha value is -2.88. The number of fused-ring (bicyclic) bond motifs is 1. The summed E-state index contributed by atoms with van der Waals surface area (Å²) in [6.45, 7) is 2.45. The fraction of sp³-hybridized carbons (Fsp3) is 0.263. The summed E-state index contributed by atoms with van der Waals surface area (Å²) in [6, 6.07) is 11.9. The molecule has 0 spiro atoms. The Labute approximate surface area is 146 Å². The van der Waals surface area contributed by atoms with Gasteiger partial charge < -0.3 is 21.1 Å². The van der Waals surface area contributed by atoms with Gasteiger partial charge in [-0.2, -0.15) is 5.26 Å². The lowest BCUT2D eigenvalue weighted by Crippen LogP contribution is -2.32. The monoisotopic (exact) mass is 335 g/mol. The highest BCUT2D eigenvalue weighted by molar-refractivity contribution is 5.83. The van der Waals surface area contributed by atoms with Crippen LogP contribution in [0.5, 0.6) is 0 Å². The van der Waals surface area contributed by atoms with Crippen molar-refractivity contribution in [1.82, 2.24) is 15.3 Å². The number of nitrogen functional groups attached to an aromatic ring is 1. The summed E-state index contributed by atoms with van der Waals surface area (Å²) in [4.78, 5) is 7.23. The number of hydrogen-bond acceptors (Lipinski definition) is 5. The smallest absolute Gasteiger partial charge is 0.141 e. The maximum absolute atomic E-state index is 10.3. The number of aliphatic hydroxyl groups excluding tert-OH is 1. The van der Waals surface area contributed by atoms with E-state index in [2.05, 4.69) is 34.3 Å². The third-order valence-electron chi connectivity index (χ3n) is 4.31. The average molecular weight is 335 g/mol. The first-order chi connectivity index (χ1) is 12.1. The largest absolute Gasteiger partial charge is 0.387 e. The number of H-pyrrole nitrogens is 1. The minimum absolute atomic E-state index is 0.180. The molecule has 0 saturated carbocycles. The molecular weight excluding hydrogens is 314 g/mol. The van der Waals surface area contributed by atoms with Crippen molar-refractivity contribution in [3.63, 3.8) is 0 Å². The number of hydrogen-bond donors (Lipinski definition) is 4. The van der Waals surface area contributed by atoms with Crippen molar-refractivity contribution in [2.24, 2.45) is 0 Å². The third-order valence-corrected chi connectivity index (χ3v) is 4.31. The van der Waals surface area contributed by atoms with Crippen LogP contribution in [-0.2, 0) is 6.42 Å². The van der Waals surface area contributed by atoms with Gasteiger partial charge in [0.25, 0.3) is 0 Å². The van der Waals surface area contributed by atoms with Gasteiger partial charge in [0.05, 0.1) is 11.7 Å². The predicted molar refractivity (Wildman–Crippen MR) is 97.8 cm³/mol. The minimum atomic E-state index is -0.745. The Morgan fingerprint density at radius 2 is 2.20 bits per heavy atom. The number of nitrogens with one attached hydrogen (secondary N) is 2. The van der Waals surface area contributed by atoms with E-state index >= 15 is 0 Å². The summed E-state index contributed by atoms with van der Waals surface area (Å²) in [7, 11) is 0. The number of nitrogens with zero attached hydrogens (tertiary/aromatic N) is 2. The van der Waals surface area contributed by atoms with Crippen LogP contribution >= 0.6 is 0 Å². The summed E-state index contributed by atoms with van der Waals surface area (Å²) in [6.07, 6.45) is 3.64. The Kier molecular flexibility index (Phi) is 4.98. The van der Waals surface area contributed by atoms with Crippen molar-refractivity contribution < 1.29 is 5.11 Å². The van der Waals surface area contributed by atoms with Crippen molar-refractivity contribution in [3.05, 3.63) is 59.4 Å². The normalized spacial score (nSPS) is 13.5. The van der Waals surface area contributed by atoms with Crippen molar-refractivity contribution in [3.8, 4) is 6.07 Å². The van der Waals surface area contributed by atoms with E-state index in [-0.39, 0.29) is 17.4 Å². The Bertz CT molecular complexity index is 912. The number of aromatic nitrogens is 2. The lowest BCUT2D eigenvalue weighted by Gasteiger charge is -2.17. The van der Waals surface area contributed by atoms with Crippen molar-refractivity contribution in [2.45, 2.75) is 25.5 Å². The molecule has 3 aromatic rings. The second kappa shape index (κ2) is 7.34. The van der Waals surface area contributed by atoms with Crippen LogP contribution in [0.4, 0.5) is 5.82 Å². The molecule has 0 aliphatic heterocycles. The molecule has 0 radical (unpaired) electrons. The van der Waals surface area contributed by atoms with E-state index in [1.165, 1.54) is 17.1 Å². The van der Waals surface area contributed by atoms with Crippen LogP contribution in [-0.4, -0.2) is 27.7 Å². The standard InChI is InChI=1S/C19H21N5O/c1-12(6-14-9-23-17-5-3-2-4-16(14)17)22-11-18(25)15-7-13(8-20)19(21)24-10-15/h2-5,7,9-10,12,18,22-23,25H,6,11H2,1H3,(H2,21,24)/t12-,18?/m1/s1. The SMILES string of the molecule is C[C@H](Cc1c[nH]c2ccccc12)NCC(O)c1cnc(N)c(C#N)c1. The van der Waals surface area contributed by atoms with E-state index < -0.39 is 6.10 Å². The molecule has 2 heterocycles.